The Bertz CT molecular complexity index is 573. The number of carbonyl (C=O) groups is 1. The Balaban J connectivity index is 1.82. The van der Waals surface area contributed by atoms with Crippen LogP contribution in [0.2, 0.25) is 0 Å². The van der Waals surface area contributed by atoms with Crippen LogP contribution in [0.25, 0.3) is 0 Å². The molecule has 1 aliphatic heterocycles. The van der Waals surface area contributed by atoms with Crippen molar-refractivity contribution in [2.75, 3.05) is 27.2 Å². The van der Waals surface area contributed by atoms with Gasteiger partial charge in [-0.25, -0.2) is 8.42 Å². The molecule has 1 fully saturated rings. The summed E-state index contributed by atoms with van der Waals surface area (Å²) in [5.74, 6) is -0.553. The minimum atomic E-state index is -3.43. The van der Waals surface area contributed by atoms with Gasteiger partial charge in [0.25, 0.3) is 0 Å². The van der Waals surface area contributed by atoms with Gasteiger partial charge in [-0.15, -0.1) is 0 Å². The van der Waals surface area contributed by atoms with Crippen LogP contribution in [0.1, 0.15) is 5.56 Å². The van der Waals surface area contributed by atoms with Crippen LogP contribution in [-0.4, -0.2) is 56.2 Å². The van der Waals surface area contributed by atoms with E-state index >= 15 is 0 Å². The number of hydrogen-bond acceptors (Lipinski definition) is 5. The van der Waals surface area contributed by atoms with Gasteiger partial charge in [0.15, 0.2) is 0 Å². The molecular weight excluding hydrogens is 280 g/mol. The maximum Gasteiger partial charge on any atom is 0.321 e. The molecule has 2 atom stereocenters. The highest BCUT2D eigenvalue weighted by atomic mass is 32.2. The Hall–Kier alpha value is -1.44. The van der Waals surface area contributed by atoms with E-state index < -0.39 is 21.4 Å². The third-order valence-electron chi connectivity index (χ3n) is 3.17. The number of benzene rings is 1. The standard InChI is InChI=1S/C13H18N2O4S/c1-14-8-12(14)20(17,18)15(2)9-13(16)19-10-11-6-4-3-5-7-11/h3-7,12H,8-10H2,1-2H3/t12-,14?/m0/s1. The van der Waals surface area contributed by atoms with Crippen LogP contribution < -0.4 is 0 Å². The number of likely N-dealkylation sites (N-methyl/N-ethyl adjacent to an activating group) is 2. The van der Waals surface area contributed by atoms with E-state index in [2.05, 4.69) is 0 Å². The van der Waals surface area contributed by atoms with Crippen molar-refractivity contribution >= 4 is 16.0 Å². The minimum absolute atomic E-state index is 0.150. The summed E-state index contributed by atoms with van der Waals surface area (Å²) in [5.41, 5.74) is 0.869. The summed E-state index contributed by atoms with van der Waals surface area (Å²) in [7, 11) is -0.314. The number of carbonyl (C=O) groups excluding carboxylic acids is 1. The molecule has 0 amide bonds. The van der Waals surface area contributed by atoms with E-state index in [0.29, 0.717) is 6.54 Å². The minimum Gasteiger partial charge on any atom is -0.460 e. The van der Waals surface area contributed by atoms with Crippen molar-refractivity contribution in [3.63, 3.8) is 0 Å². The van der Waals surface area contributed by atoms with Crippen molar-refractivity contribution in [1.29, 1.82) is 0 Å². The molecule has 0 saturated carbocycles. The fourth-order valence-corrected chi connectivity index (χ4v) is 3.36. The lowest BCUT2D eigenvalue weighted by molar-refractivity contribution is -0.144. The zero-order valence-corrected chi connectivity index (χ0v) is 12.3. The third-order valence-corrected chi connectivity index (χ3v) is 5.37. The molecule has 0 aromatic heterocycles. The SMILES string of the molecule is CN1C[C@@H]1S(=O)(=O)N(C)CC(=O)OCc1ccccc1. The van der Waals surface area contributed by atoms with Gasteiger partial charge in [-0.2, -0.15) is 4.31 Å². The van der Waals surface area contributed by atoms with Crippen LogP contribution in [0.5, 0.6) is 0 Å². The number of hydrogen-bond donors (Lipinski definition) is 0. The van der Waals surface area contributed by atoms with Gasteiger partial charge in [-0.05, 0) is 12.6 Å². The molecule has 0 radical (unpaired) electrons. The van der Waals surface area contributed by atoms with Gasteiger partial charge >= 0.3 is 5.97 Å². The van der Waals surface area contributed by atoms with Crippen molar-refractivity contribution in [2.24, 2.45) is 0 Å². The summed E-state index contributed by atoms with van der Waals surface area (Å²) < 4.78 is 30.1. The number of rotatable bonds is 6. The highest BCUT2D eigenvalue weighted by Gasteiger charge is 2.44. The van der Waals surface area contributed by atoms with Crippen LogP contribution in [0.3, 0.4) is 0 Å². The Morgan fingerprint density at radius 1 is 1.40 bits per heavy atom. The van der Waals surface area contributed by atoms with Crippen molar-refractivity contribution in [3.8, 4) is 0 Å². The average molecular weight is 298 g/mol. The number of sulfonamides is 1. The first-order chi connectivity index (χ1) is 9.41. The van der Waals surface area contributed by atoms with E-state index in [1.807, 2.05) is 30.3 Å². The molecule has 7 heteroatoms. The van der Waals surface area contributed by atoms with Gasteiger partial charge in [0, 0.05) is 13.6 Å². The van der Waals surface area contributed by atoms with Gasteiger partial charge < -0.3 is 4.74 Å². The molecule has 1 aliphatic rings. The van der Waals surface area contributed by atoms with E-state index in [9.17, 15) is 13.2 Å². The molecule has 2 rings (SSSR count). The predicted molar refractivity (Wildman–Crippen MR) is 74.2 cm³/mol. The summed E-state index contributed by atoms with van der Waals surface area (Å²) in [6.45, 7) is 0.391. The summed E-state index contributed by atoms with van der Waals surface area (Å²) in [4.78, 5) is 13.4. The zero-order valence-electron chi connectivity index (χ0n) is 11.5. The molecule has 0 bridgehead atoms. The van der Waals surface area contributed by atoms with Crippen molar-refractivity contribution < 1.29 is 17.9 Å². The van der Waals surface area contributed by atoms with Gasteiger partial charge in [0.2, 0.25) is 10.0 Å². The molecule has 0 N–H and O–H groups in total. The highest BCUT2D eigenvalue weighted by Crippen LogP contribution is 2.22. The lowest BCUT2D eigenvalue weighted by Gasteiger charge is -2.15. The predicted octanol–water partition coefficient (Wildman–Crippen LogP) is 0.263. The largest absolute Gasteiger partial charge is 0.460 e. The summed E-state index contributed by atoms with van der Waals surface area (Å²) in [6, 6.07) is 9.25. The third kappa shape index (κ3) is 3.56. The van der Waals surface area contributed by atoms with E-state index in [1.165, 1.54) is 7.05 Å². The van der Waals surface area contributed by atoms with E-state index in [4.69, 9.17) is 4.74 Å². The molecule has 1 aromatic carbocycles. The van der Waals surface area contributed by atoms with Crippen LogP contribution in [-0.2, 0) is 26.2 Å². The molecule has 0 aliphatic carbocycles. The Morgan fingerprint density at radius 2 is 2.00 bits per heavy atom. The number of ether oxygens (including phenoxy) is 1. The Kier molecular flexibility index (Phi) is 4.42. The van der Waals surface area contributed by atoms with E-state index in [1.54, 1.807) is 11.9 Å². The molecule has 1 heterocycles. The van der Waals surface area contributed by atoms with Gasteiger partial charge in [0.1, 0.15) is 18.5 Å². The average Bonchev–Trinajstić information content (AvgIpc) is 3.15. The maximum atomic E-state index is 12.0. The topological polar surface area (TPSA) is 66.7 Å². The maximum absolute atomic E-state index is 12.0. The van der Waals surface area contributed by atoms with Crippen LogP contribution in [0.15, 0.2) is 30.3 Å². The lowest BCUT2D eigenvalue weighted by atomic mass is 10.2. The van der Waals surface area contributed by atoms with Crippen LogP contribution >= 0.6 is 0 Å². The molecule has 0 spiro atoms. The fourth-order valence-electron chi connectivity index (χ4n) is 1.78. The van der Waals surface area contributed by atoms with Crippen LogP contribution in [0.4, 0.5) is 0 Å². The van der Waals surface area contributed by atoms with Gasteiger partial charge in [-0.1, -0.05) is 30.3 Å². The molecule has 20 heavy (non-hydrogen) atoms. The number of esters is 1. The smallest absolute Gasteiger partial charge is 0.321 e. The quantitative estimate of drug-likeness (QED) is 0.557. The first-order valence-electron chi connectivity index (χ1n) is 6.26. The molecule has 110 valence electrons. The second-order valence-electron chi connectivity index (χ2n) is 4.84. The Morgan fingerprint density at radius 3 is 2.55 bits per heavy atom. The fraction of sp³-hybridized carbons (Fsp3) is 0.462. The van der Waals surface area contributed by atoms with Gasteiger partial charge in [0.05, 0.1) is 0 Å². The van der Waals surface area contributed by atoms with Crippen molar-refractivity contribution in [2.45, 2.75) is 12.0 Å². The molecule has 1 unspecified atom stereocenters. The second kappa shape index (κ2) is 5.90. The first-order valence-corrected chi connectivity index (χ1v) is 7.76. The van der Waals surface area contributed by atoms with E-state index in [-0.39, 0.29) is 13.2 Å². The highest BCUT2D eigenvalue weighted by molar-refractivity contribution is 7.90. The molecule has 1 saturated heterocycles. The zero-order chi connectivity index (χ0) is 14.8. The summed E-state index contributed by atoms with van der Waals surface area (Å²) in [6.07, 6.45) is 0. The van der Waals surface area contributed by atoms with Gasteiger partial charge in [-0.3, -0.25) is 9.69 Å². The molecular formula is C13H18N2O4S. The van der Waals surface area contributed by atoms with Crippen molar-refractivity contribution in [1.82, 2.24) is 9.21 Å². The Labute approximate surface area is 119 Å². The number of nitrogens with zero attached hydrogens (tertiary/aromatic N) is 2. The molecule has 1 aromatic rings. The first kappa shape index (κ1) is 15.0. The second-order valence-corrected chi connectivity index (χ2v) is 7.04. The lowest BCUT2D eigenvalue weighted by Crippen LogP contribution is -2.36. The van der Waals surface area contributed by atoms with E-state index in [0.717, 1.165) is 9.87 Å². The normalized spacial score (nSPS) is 21.8. The summed E-state index contributed by atoms with van der Waals surface area (Å²) in [5, 5.41) is -0.505. The summed E-state index contributed by atoms with van der Waals surface area (Å²) >= 11 is 0. The van der Waals surface area contributed by atoms with Crippen molar-refractivity contribution in [3.05, 3.63) is 35.9 Å². The molecule has 6 nitrogen and oxygen atoms in total. The monoisotopic (exact) mass is 298 g/mol. The van der Waals surface area contributed by atoms with Crippen LogP contribution in [0, 0.1) is 0 Å².